The van der Waals surface area contributed by atoms with Gasteiger partial charge >= 0.3 is 23.9 Å². The molecule has 9 nitrogen and oxygen atoms in total. The van der Waals surface area contributed by atoms with Gasteiger partial charge in [-0.1, -0.05) is 12.1 Å². The van der Waals surface area contributed by atoms with E-state index in [0.717, 1.165) is 0 Å². The number of benzene rings is 1. The summed E-state index contributed by atoms with van der Waals surface area (Å²) in [6.45, 7) is 0. The Morgan fingerprint density at radius 2 is 1.32 bits per heavy atom. The molecule has 1 rings (SSSR count). The van der Waals surface area contributed by atoms with Crippen LogP contribution < -0.4 is 5.73 Å². The molecule has 120 valence electrons. The largest absolute Gasteiger partial charge is 0.481 e. The number of rotatable bonds is 6. The van der Waals surface area contributed by atoms with E-state index in [4.69, 9.17) is 26.2 Å². The molecular weight excluding hydrogens is 298 g/mol. The molecule has 9 heteroatoms. The van der Waals surface area contributed by atoms with Crippen molar-refractivity contribution in [2.75, 3.05) is 0 Å². The fraction of sp³-hybridized carbons (Fsp3) is 0.231. The van der Waals surface area contributed by atoms with Gasteiger partial charge in [-0.05, 0) is 18.6 Å². The minimum Gasteiger partial charge on any atom is -0.481 e. The van der Waals surface area contributed by atoms with Crippen LogP contribution in [0.15, 0.2) is 24.3 Å². The molecule has 0 amide bonds. The highest BCUT2D eigenvalue weighted by atomic mass is 16.4. The fourth-order valence-electron chi connectivity index (χ4n) is 1.26. The van der Waals surface area contributed by atoms with Gasteiger partial charge in [-0.15, -0.1) is 0 Å². The molecule has 22 heavy (non-hydrogen) atoms. The molecule has 0 aliphatic heterocycles. The van der Waals surface area contributed by atoms with Crippen LogP contribution >= 0.6 is 0 Å². The van der Waals surface area contributed by atoms with Crippen molar-refractivity contribution in [2.45, 2.75) is 18.9 Å². The molecule has 1 atom stereocenters. The van der Waals surface area contributed by atoms with Gasteiger partial charge in [0.05, 0.1) is 11.1 Å². The third-order valence-corrected chi connectivity index (χ3v) is 2.37. The number of carboxylic acid groups (broad SMARTS) is 4. The maximum absolute atomic E-state index is 10.5. The van der Waals surface area contributed by atoms with Gasteiger partial charge in [0.15, 0.2) is 0 Å². The quantitative estimate of drug-likeness (QED) is 0.495. The molecule has 0 fully saturated rings. The lowest BCUT2D eigenvalue weighted by Gasteiger charge is -2.01. The number of hydrogen-bond donors (Lipinski definition) is 5. The SMILES string of the molecule is NC(CCC(=O)O)C(=O)O.O=C(O)c1ccccc1C(=O)O. The minimum absolute atomic E-state index is 0.0231. The monoisotopic (exact) mass is 313 g/mol. The van der Waals surface area contributed by atoms with Crippen LogP contribution in [-0.2, 0) is 9.59 Å². The van der Waals surface area contributed by atoms with Crippen molar-refractivity contribution in [3.63, 3.8) is 0 Å². The van der Waals surface area contributed by atoms with Crippen LogP contribution in [0, 0.1) is 0 Å². The molecule has 0 heterocycles. The van der Waals surface area contributed by atoms with E-state index >= 15 is 0 Å². The maximum Gasteiger partial charge on any atom is 0.336 e. The summed E-state index contributed by atoms with van der Waals surface area (Å²) >= 11 is 0. The van der Waals surface area contributed by atoms with Gasteiger partial charge in [-0.2, -0.15) is 0 Å². The zero-order valence-electron chi connectivity index (χ0n) is 11.3. The van der Waals surface area contributed by atoms with Crippen LogP contribution in [0.4, 0.5) is 0 Å². The van der Waals surface area contributed by atoms with Crippen LogP contribution in [-0.4, -0.2) is 50.3 Å². The van der Waals surface area contributed by atoms with Crippen molar-refractivity contribution in [2.24, 2.45) is 5.73 Å². The van der Waals surface area contributed by atoms with E-state index in [1.165, 1.54) is 24.3 Å². The van der Waals surface area contributed by atoms with Crippen molar-refractivity contribution in [1.82, 2.24) is 0 Å². The normalized spacial score (nSPS) is 10.8. The zero-order chi connectivity index (χ0) is 17.3. The summed E-state index contributed by atoms with van der Waals surface area (Å²) < 4.78 is 0. The molecule has 1 aromatic carbocycles. The van der Waals surface area contributed by atoms with Gasteiger partial charge in [0.25, 0.3) is 0 Å². The zero-order valence-corrected chi connectivity index (χ0v) is 11.3. The Morgan fingerprint density at radius 3 is 1.59 bits per heavy atom. The Kier molecular flexibility index (Phi) is 7.87. The number of aliphatic carboxylic acids is 2. The summed E-state index contributed by atoms with van der Waals surface area (Å²) in [4.78, 5) is 40.8. The topological polar surface area (TPSA) is 175 Å². The second-order valence-corrected chi connectivity index (χ2v) is 4.03. The highest BCUT2D eigenvalue weighted by Crippen LogP contribution is 2.07. The van der Waals surface area contributed by atoms with Crippen LogP contribution in [0.5, 0.6) is 0 Å². The first-order chi connectivity index (χ1) is 10.2. The van der Waals surface area contributed by atoms with E-state index in [1.54, 1.807) is 0 Å². The number of carbonyl (C=O) groups is 4. The summed E-state index contributed by atoms with van der Waals surface area (Å²) in [6, 6.07) is 4.42. The smallest absolute Gasteiger partial charge is 0.336 e. The lowest BCUT2D eigenvalue weighted by atomic mass is 10.1. The minimum atomic E-state index is -1.23. The first kappa shape index (κ1) is 19.1. The second kappa shape index (κ2) is 9.08. The predicted octanol–water partition coefficient (Wildman–Crippen LogP) is 0.346. The molecule has 6 N–H and O–H groups in total. The third kappa shape index (κ3) is 7.01. The Balaban J connectivity index is 0.000000409. The standard InChI is InChI=1S/C8H6O4.C5H9NO4/c9-7(10)5-3-1-2-4-6(5)8(11)12;6-3(5(9)10)1-2-4(7)8/h1-4H,(H,9,10)(H,11,12);3H,1-2,6H2,(H,7,8)(H,9,10). The van der Waals surface area contributed by atoms with Crippen LogP contribution in [0.3, 0.4) is 0 Å². The van der Waals surface area contributed by atoms with E-state index in [9.17, 15) is 19.2 Å². The first-order valence-corrected chi connectivity index (χ1v) is 5.92. The van der Waals surface area contributed by atoms with Gasteiger partial charge in [-0.25, -0.2) is 9.59 Å². The van der Waals surface area contributed by atoms with E-state index in [-0.39, 0.29) is 24.0 Å². The number of aromatic carboxylic acids is 2. The van der Waals surface area contributed by atoms with Crippen molar-refractivity contribution in [3.05, 3.63) is 35.4 Å². The van der Waals surface area contributed by atoms with Crippen LogP contribution in [0.25, 0.3) is 0 Å². The average molecular weight is 313 g/mol. The summed E-state index contributed by atoms with van der Waals surface area (Å²) in [5.74, 6) is -4.65. The molecule has 0 spiro atoms. The molecule has 0 aromatic heterocycles. The van der Waals surface area contributed by atoms with Gasteiger partial charge in [-0.3, -0.25) is 9.59 Å². The van der Waals surface area contributed by atoms with E-state index in [0.29, 0.717) is 0 Å². The Bertz CT molecular complexity index is 536. The lowest BCUT2D eigenvalue weighted by Crippen LogP contribution is -2.30. The predicted molar refractivity (Wildman–Crippen MR) is 72.8 cm³/mol. The van der Waals surface area contributed by atoms with Crippen molar-refractivity contribution in [1.29, 1.82) is 0 Å². The Hall–Kier alpha value is -2.94. The summed E-state index contributed by atoms with van der Waals surface area (Å²) in [6.07, 6.45) is -0.224. The van der Waals surface area contributed by atoms with Crippen molar-refractivity contribution < 1.29 is 39.6 Å². The van der Waals surface area contributed by atoms with E-state index < -0.39 is 29.9 Å². The van der Waals surface area contributed by atoms with E-state index in [1.807, 2.05) is 0 Å². The van der Waals surface area contributed by atoms with Crippen LogP contribution in [0.1, 0.15) is 33.6 Å². The molecule has 0 radical (unpaired) electrons. The fourth-order valence-corrected chi connectivity index (χ4v) is 1.26. The molecule has 1 aromatic rings. The highest BCUT2D eigenvalue weighted by Gasteiger charge is 2.13. The molecule has 0 saturated heterocycles. The molecule has 0 bridgehead atoms. The second-order valence-electron chi connectivity index (χ2n) is 4.03. The summed E-state index contributed by atoms with van der Waals surface area (Å²) in [5.41, 5.74) is 4.62. The lowest BCUT2D eigenvalue weighted by molar-refractivity contribution is -0.139. The molecular formula is C13H15NO8. The van der Waals surface area contributed by atoms with Crippen LogP contribution in [0.2, 0.25) is 0 Å². The average Bonchev–Trinajstić information content (AvgIpc) is 2.45. The van der Waals surface area contributed by atoms with Gasteiger partial charge in [0, 0.05) is 6.42 Å². The molecule has 0 aliphatic rings. The molecule has 0 saturated carbocycles. The van der Waals surface area contributed by atoms with Crippen molar-refractivity contribution >= 4 is 23.9 Å². The highest BCUT2D eigenvalue weighted by molar-refractivity contribution is 6.01. The number of hydrogen-bond acceptors (Lipinski definition) is 5. The Morgan fingerprint density at radius 1 is 0.909 bits per heavy atom. The van der Waals surface area contributed by atoms with Gasteiger partial charge in [0.2, 0.25) is 0 Å². The first-order valence-electron chi connectivity index (χ1n) is 5.92. The Labute approximate surface area is 124 Å². The summed E-state index contributed by atoms with van der Waals surface area (Å²) in [7, 11) is 0. The van der Waals surface area contributed by atoms with Crippen molar-refractivity contribution in [3.8, 4) is 0 Å². The third-order valence-electron chi connectivity index (χ3n) is 2.37. The maximum atomic E-state index is 10.5. The van der Waals surface area contributed by atoms with Gasteiger partial charge < -0.3 is 26.2 Å². The number of nitrogens with two attached hydrogens (primary N) is 1. The van der Waals surface area contributed by atoms with Gasteiger partial charge in [0.1, 0.15) is 6.04 Å². The number of carboxylic acids is 4. The molecule has 0 aliphatic carbocycles. The summed E-state index contributed by atoms with van der Waals surface area (Å²) in [5, 5.41) is 33.4. The van der Waals surface area contributed by atoms with E-state index in [2.05, 4.69) is 0 Å². The molecule has 1 unspecified atom stereocenters.